The van der Waals surface area contributed by atoms with Crippen molar-refractivity contribution in [3.8, 4) is 5.75 Å². The molecule has 0 radical (unpaired) electrons. The van der Waals surface area contributed by atoms with Crippen LogP contribution in [0.3, 0.4) is 0 Å². The number of alkyl halides is 3. The molecule has 1 atom stereocenters. The first kappa shape index (κ1) is 13.1. The number of phenols is 1. The molecule has 3 N–H and O–H groups in total. The fourth-order valence-corrected chi connectivity index (χ4v) is 1.63. The van der Waals surface area contributed by atoms with E-state index in [1.54, 1.807) is 0 Å². The Bertz CT molecular complexity index is 417. The SMILES string of the molecule is C=C[C@H](N)c1c(C(F)(F)F)ccc(Br)c1O. The third-order valence-corrected chi connectivity index (χ3v) is 2.70. The second-order valence-electron chi connectivity index (χ2n) is 3.12. The molecular weight excluding hydrogens is 287 g/mol. The Balaban J connectivity index is 3.51. The van der Waals surface area contributed by atoms with Crippen LogP contribution in [0.25, 0.3) is 0 Å². The van der Waals surface area contributed by atoms with Crippen LogP contribution < -0.4 is 5.73 Å². The summed E-state index contributed by atoms with van der Waals surface area (Å²) in [5.74, 6) is -0.512. The summed E-state index contributed by atoms with van der Waals surface area (Å²) in [6.07, 6.45) is -3.43. The summed E-state index contributed by atoms with van der Waals surface area (Å²) < 4.78 is 38.1. The van der Waals surface area contributed by atoms with Crippen LogP contribution in [-0.2, 0) is 6.18 Å². The molecule has 0 aliphatic heterocycles. The molecule has 0 amide bonds. The van der Waals surface area contributed by atoms with Crippen LogP contribution in [0.4, 0.5) is 13.2 Å². The molecular formula is C10H9BrF3NO. The van der Waals surface area contributed by atoms with Gasteiger partial charge in [-0.15, -0.1) is 6.58 Å². The predicted octanol–water partition coefficient (Wildman–Crippen LogP) is 3.36. The highest BCUT2D eigenvalue weighted by Crippen LogP contribution is 2.41. The van der Waals surface area contributed by atoms with Crippen LogP contribution in [-0.4, -0.2) is 5.11 Å². The number of rotatable bonds is 2. The zero-order valence-corrected chi connectivity index (χ0v) is 9.64. The van der Waals surface area contributed by atoms with E-state index in [4.69, 9.17) is 5.73 Å². The fourth-order valence-electron chi connectivity index (χ4n) is 1.28. The Hall–Kier alpha value is -1.01. The summed E-state index contributed by atoms with van der Waals surface area (Å²) in [5, 5.41) is 9.57. The van der Waals surface area contributed by atoms with Gasteiger partial charge in [-0.25, -0.2) is 0 Å². The maximum atomic E-state index is 12.6. The van der Waals surface area contributed by atoms with Gasteiger partial charge in [0, 0.05) is 5.56 Å². The van der Waals surface area contributed by atoms with E-state index in [9.17, 15) is 18.3 Å². The highest BCUT2D eigenvalue weighted by atomic mass is 79.9. The first-order valence-electron chi connectivity index (χ1n) is 4.25. The first-order chi connectivity index (χ1) is 7.29. The summed E-state index contributed by atoms with van der Waals surface area (Å²) in [5.41, 5.74) is 4.13. The number of benzene rings is 1. The van der Waals surface area contributed by atoms with Crippen molar-refractivity contribution in [2.24, 2.45) is 5.73 Å². The maximum absolute atomic E-state index is 12.6. The lowest BCUT2D eigenvalue weighted by Crippen LogP contribution is -2.16. The van der Waals surface area contributed by atoms with Crippen molar-refractivity contribution < 1.29 is 18.3 Å². The Labute approximate surface area is 98.7 Å². The molecule has 2 nitrogen and oxygen atoms in total. The van der Waals surface area contributed by atoms with Gasteiger partial charge in [-0.05, 0) is 28.1 Å². The topological polar surface area (TPSA) is 46.2 Å². The van der Waals surface area contributed by atoms with Gasteiger partial charge in [0.1, 0.15) is 5.75 Å². The molecule has 0 aliphatic carbocycles. The van der Waals surface area contributed by atoms with Crippen molar-refractivity contribution in [1.29, 1.82) is 0 Å². The molecule has 0 bridgehead atoms. The summed E-state index contributed by atoms with van der Waals surface area (Å²) in [4.78, 5) is 0. The molecule has 6 heteroatoms. The van der Waals surface area contributed by atoms with E-state index in [-0.39, 0.29) is 10.0 Å². The average Bonchev–Trinajstić information content (AvgIpc) is 2.19. The fraction of sp³-hybridized carbons (Fsp3) is 0.200. The van der Waals surface area contributed by atoms with Crippen molar-refractivity contribution in [2.45, 2.75) is 12.2 Å². The largest absolute Gasteiger partial charge is 0.506 e. The molecule has 0 aromatic heterocycles. The van der Waals surface area contributed by atoms with Gasteiger partial charge >= 0.3 is 6.18 Å². The molecule has 0 spiro atoms. The molecule has 16 heavy (non-hydrogen) atoms. The van der Waals surface area contributed by atoms with Gasteiger partial charge in [0.05, 0.1) is 16.1 Å². The summed E-state index contributed by atoms with van der Waals surface area (Å²) in [6.45, 7) is 3.31. The van der Waals surface area contributed by atoms with Gasteiger partial charge in [-0.2, -0.15) is 13.2 Å². The molecule has 1 aromatic carbocycles. The minimum Gasteiger partial charge on any atom is -0.506 e. The van der Waals surface area contributed by atoms with E-state index in [1.165, 1.54) is 0 Å². The van der Waals surface area contributed by atoms with Gasteiger partial charge in [0.25, 0.3) is 0 Å². The molecule has 0 aliphatic rings. The minimum atomic E-state index is -4.56. The van der Waals surface area contributed by atoms with Crippen molar-refractivity contribution in [3.05, 3.63) is 40.4 Å². The number of aromatic hydroxyl groups is 1. The average molecular weight is 296 g/mol. The first-order valence-corrected chi connectivity index (χ1v) is 5.05. The highest BCUT2D eigenvalue weighted by Gasteiger charge is 2.36. The molecule has 0 saturated carbocycles. The molecule has 0 fully saturated rings. The van der Waals surface area contributed by atoms with Gasteiger partial charge in [0.15, 0.2) is 0 Å². The van der Waals surface area contributed by atoms with E-state index in [0.29, 0.717) is 0 Å². The van der Waals surface area contributed by atoms with Crippen LogP contribution >= 0.6 is 15.9 Å². The number of hydrogen-bond donors (Lipinski definition) is 2. The number of phenolic OH excluding ortho intramolecular Hbond substituents is 1. The summed E-state index contributed by atoms with van der Waals surface area (Å²) in [6, 6.07) is 0.911. The van der Waals surface area contributed by atoms with Crippen LogP contribution in [0.5, 0.6) is 5.75 Å². The van der Waals surface area contributed by atoms with Gasteiger partial charge in [-0.1, -0.05) is 6.08 Å². The second-order valence-corrected chi connectivity index (χ2v) is 3.97. The van der Waals surface area contributed by atoms with E-state index in [2.05, 4.69) is 22.5 Å². The third kappa shape index (κ3) is 2.38. The molecule has 0 saturated heterocycles. The van der Waals surface area contributed by atoms with Crippen molar-refractivity contribution in [3.63, 3.8) is 0 Å². The molecule has 1 rings (SSSR count). The molecule has 1 aromatic rings. The number of halogens is 4. The Kier molecular flexibility index (Phi) is 3.64. The van der Waals surface area contributed by atoms with E-state index in [1.807, 2.05) is 0 Å². The van der Waals surface area contributed by atoms with Crippen molar-refractivity contribution in [2.75, 3.05) is 0 Å². The lowest BCUT2D eigenvalue weighted by molar-refractivity contribution is -0.138. The highest BCUT2D eigenvalue weighted by molar-refractivity contribution is 9.10. The predicted molar refractivity (Wildman–Crippen MR) is 57.9 cm³/mol. The maximum Gasteiger partial charge on any atom is 0.416 e. The van der Waals surface area contributed by atoms with E-state index < -0.39 is 23.5 Å². The summed E-state index contributed by atoms with van der Waals surface area (Å²) >= 11 is 2.94. The Morgan fingerprint density at radius 3 is 2.44 bits per heavy atom. The van der Waals surface area contributed by atoms with Gasteiger partial charge in [0.2, 0.25) is 0 Å². The van der Waals surface area contributed by atoms with E-state index >= 15 is 0 Å². The normalized spacial score (nSPS) is 13.6. The molecule has 0 unspecified atom stereocenters. The van der Waals surface area contributed by atoms with Crippen molar-refractivity contribution >= 4 is 15.9 Å². The number of hydrogen-bond acceptors (Lipinski definition) is 2. The zero-order chi connectivity index (χ0) is 12.5. The van der Waals surface area contributed by atoms with Crippen LogP contribution in [0.2, 0.25) is 0 Å². The Morgan fingerprint density at radius 1 is 1.44 bits per heavy atom. The monoisotopic (exact) mass is 295 g/mol. The smallest absolute Gasteiger partial charge is 0.416 e. The minimum absolute atomic E-state index is 0.160. The van der Waals surface area contributed by atoms with Crippen LogP contribution in [0, 0.1) is 0 Å². The number of nitrogens with two attached hydrogens (primary N) is 1. The van der Waals surface area contributed by atoms with Gasteiger partial charge in [-0.3, -0.25) is 0 Å². The Morgan fingerprint density at radius 2 is 2.00 bits per heavy atom. The van der Waals surface area contributed by atoms with Crippen LogP contribution in [0.15, 0.2) is 29.3 Å². The zero-order valence-electron chi connectivity index (χ0n) is 8.05. The van der Waals surface area contributed by atoms with Crippen molar-refractivity contribution in [1.82, 2.24) is 0 Å². The third-order valence-electron chi connectivity index (χ3n) is 2.06. The lowest BCUT2D eigenvalue weighted by Gasteiger charge is -2.18. The standard InChI is InChI=1S/C10H9BrF3NO/c1-2-7(15)8-5(10(12,13)14)3-4-6(11)9(8)16/h2-4,7,16H,1,15H2/t7-/m0/s1. The van der Waals surface area contributed by atoms with Crippen LogP contribution in [0.1, 0.15) is 17.2 Å². The lowest BCUT2D eigenvalue weighted by atomic mass is 9.99. The second kappa shape index (κ2) is 4.47. The van der Waals surface area contributed by atoms with Gasteiger partial charge < -0.3 is 10.8 Å². The molecule has 0 heterocycles. The molecule has 88 valence electrons. The quantitative estimate of drug-likeness (QED) is 0.822. The van der Waals surface area contributed by atoms with E-state index in [0.717, 1.165) is 18.2 Å². The summed E-state index contributed by atoms with van der Waals surface area (Å²) in [7, 11) is 0.